The molecule has 0 saturated carbocycles. The molecule has 23 heavy (non-hydrogen) atoms. The SMILES string of the molecule is Cc1ccc(COc2cccc(C=Nc3ccccc3)c2)cc1. The third-order valence-corrected chi connectivity index (χ3v) is 3.50. The third-order valence-electron chi connectivity index (χ3n) is 3.50. The highest BCUT2D eigenvalue weighted by atomic mass is 16.5. The van der Waals surface area contributed by atoms with Gasteiger partial charge in [0.05, 0.1) is 5.69 Å². The number of benzene rings is 3. The standard InChI is InChI=1S/C21H19NO/c1-17-10-12-18(13-11-17)16-23-21-9-5-6-19(14-21)15-22-20-7-3-2-4-8-20/h2-15H,16H2,1H3. The molecule has 3 aromatic carbocycles. The molecule has 3 aromatic rings. The van der Waals surface area contributed by atoms with E-state index in [4.69, 9.17) is 4.74 Å². The number of rotatable bonds is 5. The van der Waals surface area contributed by atoms with Crippen molar-refractivity contribution in [2.75, 3.05) is 0 Å². The molecule has 114 valence electrons. The van der Waals surface area contributed by atoms with Gasteiger partial charge in [0, 0.05) is 6.21 Å². The Balaban J connectivity index is 1.65. The first-order valence-corrected chi connectivity index (χ1v) is 7.67. The molecule has 0 aliphatic rings. The summed E-state index contributed by atoms with van der Waals surface area (Å²) in [7, 11) is 0. The van der Waals surface area contributed by atoms with E-state index in [1.165, 1.54) is 11.1 Å². The van der Waals surface area contributed by atoms with Crippen molar-refractivity contribution in [3.8, 4) is 5.75 Å². The number of ether oxygens (including phenoxy) is 1. The van der Waals surface area contributed by atoms with Gasteiger partial charge in [-0.25, -0.2) is 0 Å². The first-order chi connectivity index (χ1) is 11.3. The summed E-state index contributed by atoms with van der Waals surface area (Å²) in [5.74, 6) is 0.850. The lowest BCUT2D eigenvalue weighted by Crippen LogP contribution is -1.95. The van der Waals surface area contributed by atoms with Gasteiger partial charge in [-0.15, -0.1) is 0 Å². The molecule has 0 unspecified atom stereocenters. The zero-order chi connectivity index (χ0) is 15.9. The zero-order valence-electron chi connectivity index (χ0n) is 13.1. The molecular formula is C21H19NO. The van der Waals surface area contributed by atoms with Crippen LogP contribution in [0, 0.1) is 6.92 Å². The van der Waals surface area contributed by atoms with Gasteiger partial charge in [-0.2, -0.15) is 0 Å². The summed E-state index contributed by atoms with van der Waals surface area (Å²) in [6.45, 7) is 2.65. The summed E-state index contributed by atoms with van der Waals surface area (Å²) in [5, 5.41) is 0. The lowest BCUT2D eigenvalue weighted by Gasteiger charge is -2.07. The maximum Gasteiger partial charge on any atom is 0.120 e. The van der Waals surface area contributed by atoms with Crippen molar-refractivity contribution in [1.82, 2.24) is 0 Å². The van der Waals surface area contributed by atoms with E-state index in [9.17, 15) is 0 Å². The van der Waals surface area contributed by atoms with E-state index in [0.29, 0.717) is 6.61 Å². The molecular weight excluding hydrogens is 282 g/mol. The van der Waals surface area contributed by atoms with Crippen molar-refractivity contribution in [2.45, 2.75) is 13.5 Å². The quantitative estimate of drug-likeness (QED) is 0.584. The number of nitrogens with zero attached hydrogens (tertiary/aromatic N) is 1. The second-order valence-corrected chi connectivity index (χ2v) is 5.44. The van der Waals surface area contributed by atoms with Gasteiger partial charge < -0.3 is 4.74 Å². The Kier molecular flexibility index (Phi) is 4.85. The van der Waals surface area contributed by atoms with Gasteiger partial charge in [-0.3, -0.25) is 4.99 Å². The fourth-order valence-electron chi connectivity index (χ4n) is 2.20. The fraction of sp³-hybridized carbons (Fsp3) is 0.0952. The van der Waals surface area contributed by atoms with Crippen molar-refractivity contribution in [3.63, 3.8) is 0 Å². The van der Waals surface area contributed by atoms with E-state index >= 15 is 0 Å². The average molecular weight is 301 g/mol. The van der Waals surface area contributed by atoms with Crippen molar-refractivity contribution < 1.29 is 4.74 Å². The van der Waals surface area contributed by atoms with Gasteiger partial charge in [0.2, 0.25) is 0 Å². The van der Waals surface area contributed by atoms with E-state index in [1.807, 2.05) is 60.8 Å². The Bertz CT molecular complexity index is 776. The molecule has 0 N–H and O–H groups in total. The molecule has 0 amide bonds. The average Bonchev–Trinajstić information content (AvgIpc) is 2.61. The monoisotopic (exact) mass is 301 g/mol. The number of para-hydroxylation sites is 1. The molecule has 0 fully saturated rings. The van der Waals surface area contributed by atoms with Crippen LogP contribution in [0.25, 0.3) is 0 Å². The summed E-state index contributed by atoms with van der Waals surface area (Å²) in [5.41, 5.74) is 4.39. The molecule has 2 nitrogen and oxygen atoms in total. The van der Waals surface area contributed by atoms with Crippen LogP contribution in [-0.2, 0) is 6.61 Å². The van der Waals surface area contributed by atoms with Crippen LogP contribution in [0.15, 0.2) is 83.9 Å². The summed E-state index contributed by atoms with van der Waals surface area (Å²) >= 11 is 0. The van der Waals surface area contributed by atoms with E-state index < -0.39 is 0 Å². The highest BCUT2D eigenvalue weighted by molar-refractivity contribution is 5.82. The molecule has 0 radical (unpaired) electrons. The van der Waals surface area contributed by atoms with Crippen LogP contribution in [0.2, 0.25) is 0 Å². The topological polar surface area (TPSA) is 21.6 Å². The van der Waals surface area contributed by atoms with Gasteiger partial charge in [-0.05, 0) is 42.3 Å². The molecule has 0 spiro atoms. The molecule has 0 heterocycles. The largest absolute Gasteiger partial charge is 0.489 e. The Hall–Kier alpha value is -2.87. The second-order valence-electron chi connectivity index (χ2n) is 5.44. The molecule has 0 bridgehead atoms. The minimum Gasteiger partial charge on any atom is -0.489 e. The van der Waals surface area contributed by atoms with Gasteiger partial charge in [-0.1, -0.05) is 60.2 Å². The minimum absolute atomic E-state index is 0.569. The maximum atomic E-state index is 5.86. The van der Waals surface area contributed by atoms with Crippen molar-refractivity contribution in [2.24, 2.45) is 4.99 Å². The summed E-state index contributed by atoms with van der Waals surface area (Å²) in [6.07, 6.45) is 1.86. The number of aryl methyl sites for hydroxylation is 1. The Morgan fingerprint density at radius 1 is 0.870 bits per heavy atom. The van der Waals surface area contributed by atoms with Crippen LogP contribution in [-0.4, -0.2) is 6.21 Å². The number of hydrogen-bond donors (Lipinski definition) is 0. The molecule has 0 aromatic heterocycles. The molecule has 0 aliphatic heterocycles. The number of hydrogen-bond acceptors (Lipinski definition) is 2. The molecule has 2 heteroatoms. The van der Waals surface area contributed by atoms with Crippen LogP contribution in [0.4, 0.5) is 5.69 Å². The Morgan fingerprint density at radius 2 is 1.65 bits per heavy atom. The lowest BCUT2D eigenvalue weighted by atomic mass is 10.2. The van der Waals surface area contributed by atoms with Crippen molar-refractivity contribution in [1.29, 1.82) is 0 Å². The van der Waals surface area contributed by atoms with E-state index in [1.54, 1.807) is 0 Å². The van der Waals surface area contributed by atoms with Crippen LogP contribution >= 0.6 is 0 Å². The fourth-order valence-corrected chi connectivity index (χ4v) is 2.20. The Labute approximate surface area is 137 Å². The first kappa shape index (κ1) is 15.0. The molecule has 0 saturated heterocycles. The lowest BCUT2D eigenvalue weighted by molar-refractivity contribution is 0.306. The predicted octanol–water partition coefficient (Wildman–Crippen LogP) is 5.32. The zero-order valence-corrected chi connectivity index (χ0v) is 13.1. The van der Waals surface area contributed by atoms with Crippen LogP contribution in [0.5, 0.6) is 5.75 Å². The maximum absolute atomic E-state index is 5.86. The molecule has 0 atom stereocenters. The van der Waals surface area contributed by atoms with Gasteiger partial charge in [0.15, 0.2) is 0 Å². The van der Waals surface area contributed by atoms with Crippen molar-refractivity contribution >= 4 is 11.9 Å². The number of aliphatic imine (C=N–C) groups is 1. The van der Waals surface area contributed by atoms with E-state index in [2.05, 4.69) is 36.2 Å². The van der Waals surface area contributed by atoms with Crippen LogP contribution in [0.3, 0.4) is 0 Å². The van der Waals surface area contributed by atoms with Gasteiger partial charge in [0.1, 0.15) is 12.4 Å². The van der Waals surface area contributed by atoms with Crippen LogP contribution < -0.4 is 4.74 Å². The second kappa shape index (κ2) is 7.41. The highest BCUT2D eigenvalue weighted by Gasteiger charge is 1.97. The Morgan fingerprint density at radius 3 is 2.43 bits per heavy atom. The predicted molar refractivity (Wildman–Crippen MR) is 95.6 cm³/mol. The van der Waals surface area contributed by atoms with Gasteiger partial charge in [0.25, 0.3) is 0 Å². The highest BCUT2D eigenvalue weighted by Crippen LogP contribution is 2.16. The smallest absolute Gasteiger partial charge is 0.120 e. The first-order valence-electron chi connectivity index (χ1n) is 7.67. The van der Waals surface area contributed by atoms with Gasteiger partial charge >= 0.3 is 0 Å². The summed E-state index contributed by atoms with van der Waals surface area (Å²) in [4.78, 5) is 4.47. The van der Waals surface area contributed by atoms with Crippen LogP contribution in [0.1, 0.15) is 16.7 Å². The molecule has 0 aliphatic carbocycles. The molecule has 3 rings (SSSR count). The minimum atomic E-state index is 0.569. The summed E-state index contributed by atoms with van der Waals surface area (Å²) < 4.78 is 5.86. The summed E-state index contributed by atoms with van der Waals surface area (Å²) in [6, 6.07) is 26.3. The normalized spacial score (nSPS) is 10.8. The van der Waals surface area contributed by atoms with E-state index in [0.717, 1.165) is 17.0 Å². The third kappa shape index (κ3) is 4.55. The van der Waals surface area contributed by atoms with E-state index in [-0.39, 0.29) is 0 Å². The van der Waals surface area contributed by atoms with Crippen molar-refractivity contribution in [3.05, 3.63) is 95.6 Å².